The van der Waals surface area contributed by atoms with Crippen LogP contribution in [0.25, 0.3) is 0 Å². The van der Waals surface area contributed by atoms with E-state index in [1.54, 1.807) is 39.0 Å². The Morgan fingerprint density at radius 1 is 0.400 bits per heavy atom. The number of alkyl halides is 6. The number of benzene rings is 7. The molecule has 0 amide bonds. The SMILES string of the molecule is COC(=O)c1ccccc1C.Cc1c(C(F)(F)F)ccc(Cl)c1F.Cc1c(F)ccc(Cl)c1F.Cc1cc(Cl)ccc1C(F)(F)F.Cc1cc(Cl)ccc1F.Cc1ccc(F)c(C)c1Cl.Cc1ccc(F)c(C)c1F. The number of rotatable bonds is 1. The first kappa shape index (κ1) is 67.6. The summed E-state index contributed by atoms with van der Waals surface area (Å²) in [6, 6.07) is 25.1. The van der Waals surface area contributed by atoms with Crippen LogP contribution in [0.1, 0.15) is 71.6 Å². The Kier molecular flexibility index (Phi) is 27.9. The smallest absolute Gasteiger partial charge is 0.416 e. The number of halogens is 18. The van der Waals surface area contributed by atoms with Gasteiger partial charge in [0.2, 0.25) is 0 Å². The lowest BCUT2D eigenvalue weighted by Crippen LogP contribution is -2.08. The minimum Gasteiger partial charge on any atom is -0.465 e. The van der Waals surface area contributed by atoms with Crippen molar-refractivity contribution in [1.82, 2.24) is 0 Å². The van der Waals surface area contributed by atoms with Gasteiger partial charge < -0.3 is 4.74 Å². The molecule has 0 radical (unpaired) electrons. The van der Waals surface area contributed by atoms with Gasteiger partial charge in [-0.2, -0.15) is 26.3 Å². The van der Waals surface area contributed by atoms with E-state index in [1.165, 1.54) is 76.4 Å². The molecule has 0 N–H and O–H groups in total. The topological polar surface area (TPSA) is 26.3 Å². The van der Waals surface area contributed by atoms with E-state index in [0.29, 0.717) is 37.3 Å². The van der Waals surface area contributed by atoms with Gasteiger partial charge in [-0.05, 0) is 175 Å². The summed E-state index contributed by atoms with van der Waals surface area (Å²) < 4.78 is 166. The number of carbonyl (C=O) groups excluding carboxylic acids is 1. The molecule has 0 saturated heterocycles. The molecule has 0 saturated carbocycles. The first-order valence-corrected chi connectivity index (χ1v) is 23.3. The van der Waals surface area contributed by atoms with Gasteiger partial charge in [0, 0.05) is 31.8 Å². The standard InChI is InChI=1S/C9H10O2.C8H5ClF4.C8H6ClF3.C8H8ClF.C8H8F2.C7H5ClF2.C7H6ClF/c1-7-5-3-4-6-8(7)9(10)11-2;1-4-5(8(11,12)13)2-3-6(9)7(4)10;1-5-4-6(9)2-3-7(5)8(10,11)12;1-5-3-4-7(10)6(2)8(5)9;1-5-3-4-7(9)6(2)8(5)10;1-4-6(9)3-2-5(8)7(4)10;1-5-4-6(8)2-3-7(5)9/h3-6H,1-2H3;2-3H,1H3;2-4H,1H3;2*3-4H,1-2H3;2-3H,1H3;2-4H,1H3. The number of methoxy groups -OCH3 is 1. The van der Waals surface area contributed by atoms with Gasteiger partial charge >= 0.3 is 18.3 Å². The molecule has 0 aliphatic rings. The lowest BCUT2D eigenvalue weighted by Gasteiger charge is -2.10. The third-order valence-corrected chi connectivity index (χ3v) is 11.7. The second-order valence-electron chi connectivity index (χ2n) is 15.8. The fourth-order valence-corrected chi connectivity index (χ4v) is 6.66. The maximum atomic E-state index is 12.9. The summed E-state index contributed by atoms with van der Waals surface area (Å²) in [5, 5.41) is 1.08. The van der Waals surface area contributed by atoms with E-state index in [2.05, 4.69) is 4.74 Å². The zero-order valence-electron chi connectivity index (χ0n) is 41.5. The summed E-state index contributed by atoms with van der Waals surface area (Å²) in [6.45, 7) is 13.9. The van der Waals surface area contributed by atoms with Crippen LogP contribution >= 0.6 is 58.0 Å². The van der Waals surface area contributed by atoms with E-state index in [4.69, 9.17) is 58.0 Å². The van der Waals surface area contributed by atoms with Crippen LogP contribution in [-0.4, -0.2) is 13.1 Å². The number of hydrogen-bond donors (Lipinski definition) is 0. The largest absolute Gasteiger partial charge is 0.465 e. The molecule has 0 atom stereocenters. The summed E-state index contributed by atoms with van der Waals surface area (Å²) in [7, 11) is 1.38. The molecule has 7 rings (SSSR count). The fraction of sp³-hybridized carbons (Fsp3) is 0.218. The Bertz CT molecular complexity index is 2800. The molecular weight excluding hydrogens is 1120 g/mol. The van der Waals surface area contributed by atoms with Crippen molar-refractivity contribution in [2.75, 3.05) is 7.11 Å². The summed E-state index contributed by atoms with van der Waals surface area (Å²) in [5.41, 5.74) is 2.21. The van der Waals surface area contributed by atoms with E-state index < -0.39 is 58.1 Å². The van der Waals surface area contributed by atoms with Crippen LogP contribution in [0.15, 0.2) is 109 Å². The van der Waals surface area contributed by atoms with Crippen LogP contribution in [0.2, 0.25) is 25.1 Å². The van der Waals surface area contributed by atoms with Crippen LogP contribution in [-0.2, 0) is 17.1 Å². The Labute approximate surface area is 451 Å². The van der Waals surface area contributed by atoms with Gasteiger partial charge in [-0.25, -0.2) is 35.5 Å². The summed E-state index contributed by atoms with van der Waals surface area (Å²) >= 11 is 27.4. The van der Waals surface area contributed by atoms with Crippen LogP contribution < -0.4 is 0 Å². The first-order valence-electron chi connectivity index (χ1n) is 21.4. The van der Waals surface area contributed by atoms with Crippen molar-refractivity contribution in [3.8, 4) is 0 Å². The second kappa shape index (κ2) is 30.9. The Balaban J connectivity index is 0.000000439. The lowest BCUT2D eigenvalue weighted by molar-refractivity contribution is -0.139. The van der Waals surface area contributed by atoms with Gasteiger partial charge in [-0.3, -0.25) is 0 Å². The van der Waals surface area contributed by atoms with Gasteiger partial charge in [-0.1, -0.05) is 88.3 Å². The van der Waals surface area contributed by atoms with E-state index in [-0.39, 0.29) is 44.3 Å². The molecule has 0 bridgehead atoms. The molecule has 0 unspecified atom stereocenters. The average molecular weight is 1170 g/mol. The number of ether oxygens (including phenoxy) is 1. The minimum absolute atomic E-state index is 0.0347. The molecule has 0 aromatic heterocycles. The van der Waals surface area contributed by atoms with Gasteiger partial charge in [0.05, 0.1) is 33.8 Å². The molecule has 7 aromatic carbocycles. The average Bonchev–Trinajstić information content (AvgIpc) is 3.34. The molecule has 20 heteroatoms. The van der Waals surface area contributed by atoms with E-state index in [1.807, 2.05) is 32.0 Å². The van der Waals surface area contributed by atoms with Crippen molar-refractivity contribution >= 4 is 64.0 Å². The van der Waals surface area contributed by atoms with Gasteiger partial charge in [0.15, 0.2) is 0 Å². The van der Waals surface area contributed by atoms with Crippen LogP contribution in [0.3, 0.4) is 0 Å². The monoisotopic (exact) mass is 1160 g/mol. The normalized spacial score (nSPS) is 10.5. The molecule has 406 valence electrons. The summed E-state index contributed by atoms with van der Waals surface area (Å²) in [6.07, 6.45) is -8.82. The molecule has 0 fully saturated rings. The minimum atomic E-state index is -4.53. The molecule has 0 spiro atoms. The summed E-state index contributed by atoms with van der Waals surface area (Å²) in [4.78, 5) is 11.0. The zero-order chi connectivity index (χ0) is 57.9. The van der Waals surface area contributed by atoms with Crippen LogP contribution in [0.5, 0.6) is 0 Å². The molecule has 75 heavy (non-hydrogen) atoms. The van der Waals surface area contributed by atoms with Gasteiger partial charge in [-0.15, -0.1) is 0 Å². The molecular formula is C55H48Cl5F13O2. The number of hydrogen-bond acceptors (Lipinski definition) is 2. The molecule has 0 aliphatic heterocycles. The van der Waals surface area contributed by atoms with E-state index in [9.17, 15) is 61.9 Å². The molecule has 0 heterocycles. The number of esters is 1. The number of carbonyl (C=O) groups is 1. The molecule has 7 aromatic rings. The first-order chi connectivity index (χ1) is 34.6. The van der Waals surface area contributed by atoms with Crippen molar-refractivity contribution in [1.29, 1.82) is 0 Å². The maximum absolute atomic E-state index is 12.9. The highest BCUT2D eigenvalue weighted by Crippen LogP contribution is 2.35. The number of aryl methyl sites for hydroxylation is 5. The predicted molar refractivity (Wildman–Crippen MR) is 274 cm³/mol. The van der Waals surface area contributed by atoms with Gasteiger partial charge in [0.25, 0.3) is 0 Å². The highest BCUT2D eigenvalue weighted by atomic mass is 35.5. The van der Waals surface area contributed by atoms with Crippen LogP contribution in [0, 0.1) is 103 Å². The summed E-state index contributed by atoms with van der Waals surface area (Å²) in [5.74, 6) is -3.92. The van der Waals surface area contributed by atoms with Crippen molar-refractivity contribution in [2.24, 2.45) is 0 Å². The van der Waals surface area contributed by atoms with Crippen molar-refractivity contribution in [2.45, 2.75) is 74.7 Å². The quantitative estimate of drug-likeness (QED) is 0.0930. The molecule has 2 nitrogen and oxygen atoms in total. The second-order valence-corrected chi connectivity index (χ2v) is 17.8. The fourth-order valence-electron chi connectivity index (χ4n) is 5.65. The van der Waals surface area contributed by atoms with Gasteiger partial charge in [0.1, 0.15) is 40.7 Å². The zero-order valence-corrected chi connectivity index (χ0v) is 45.3. The Hall–Kier alpha value is -5.45. The lowest BCUT2D eigenvalue weighted by atomic mass is 10.1. The Morgan fingerprint density at radius 3 is 1.23 bits per heavy atom. The van der Waals surface area contributed by atoms with E-state index >= 15 is 0 Å². The maximum Gasteiger partial charge on any atom is 0.416 e. The van der Waals surface area contributed by atoms with Crippen molar-refractivity contribution in [3.05, 3.63) is 242 Å². The predicted octanol–water partition coefficient (Wildman–Crippen LogP) is 20.6. The highest BCUT2D eigenvalue weighted by molar-refractivity contribution is 6.32. The van der Waals surface area contributed by atoms with Crippen molar-refractivity contribution < 1.29 is 66.6 Å². The molecule has 0 aliphatic carbocycles. The van der Waals surface area contributed by atoms with E-state index in [0.717, 1.165) is 42.3 Å². The van der Waals surface area contributed by atoms with Crippen LogP contribution in [0.4, 0.5) is 57.1 Å². The third kappa shape index (κ3) is 22.0. The third-order valence-electron chi connectivity index (χ3n) is 10.1. The Morgan fingerprint density at radius 2 is 0.800 bits per heavy atom. The van der Waals surface area contributed by atoms with Crippen molar-refractivity contribution in [3.63, 3.8) is 0 Å². The highest BCUT2D eigenvalue weighted by Gasteiger charge is 2.34.